The van der Waals surface area contributed by atoms with Crippen LogP contribution in [0.25, 0.3) is 0 Å². The average molecular weight is 275 g/mol. The molecule has 0 aromatic heterocycles. The third-order valence-electron chi connectivity index (χ3n) is 3.85. The fourth-order valence-electron chi connectivity index (χ4n) is 2.68. The van der Waals surface area contributed by atoms with E-state index in [9.17, 15) is 15.2 Å². The van der Waals surface area contributed by atoms with E-state index in [0.717, 1.165) is 32.1 Å². The maximum atomic E-state index is 10.7. The fraction of sp³-hybridized carbons (Fsp3) is 0.500. The molecule has 1 saturated carbocycles. The number of benzene rings is 1. The predicted octanol–water partition coefficient (Wildman–Crippen LogP) is 2.57. The third kappa shape index (κ3) is 2.89. The molecule has 0 aliphatic heterocycles. The van der Waals surface area contributed by atoms with Gasteiger partial charge >= 0.3 is 0 Å². The molecular weight excluding hydrogens is 258 g/mol. The molecule has 0 amide bonds. The number of hydrogen-bond donors (Lipinski definition) is 2. The maximum absolute atomic E-state index is 10.7. The molecule has 0 radical (unpaired) electrons. The number of nitro groups is 1. The van der Waals surface area contributed by atoms with E-state index in [0.29, 0.717) is 5.69 Å². The Bertz CT molecular complexity index is 545. The van der Waals surface area contributed by atoms with E-state index in [1.54, 1.807) is 6.07 Å². The van der Waals surface area contributed by atoms with Crippen LogP contribution in [0.5, 0.6) is 0 Å². The van der Waals surface area contributed by atoms with Gasteiger partial charge in [0.25, 0.3) is 5.69 Å². The first-order chi connectivity index (χ1) is 9.60. The van der Waals surface area contributed by atoms with E-state index in [4.69, 9.17) is 5.26 Å². The monoisotopic (exact) mass is 275 g/mol. The number of nitrogens with zero attached hydrogens (tertiary/aromatic N) is 2. The van der Waals surface area contributed by atoms with Crippen LogP contribution in [0.4, 0.5) is 11.4 Å². The highest BCUT2D eigenvalue weighted by Gasteiger charge is 2.31. The Morgan fingerprint density at radius 2 is 2.10 bits per heavy atom. The second kappa shape index (κ2) is 5.88. The lowest BCUT2D eigenvalue weighted by molar-refractivity contribution is -0.384. The van der Waals surface area contributed by atoms with Crippen LogP contribution in [0.2, 0.25) is 0 Å². The van der Waals surface area contributed by atoms with Crippen LogP contribution in [0, 0.1) is 21.4 Å². The molecular formula is C14H17N3O3. The zero-order valence-corrected chi connectivity index (χ0v) is 11.1. The van der Waals surface area contributed by atoms with E-state index in [1.165, 1.54) is 12.1 Å². The molecule has 1 aliphatic rings. The molecule has 0 atom stereocenters. The van der Waals surface area contributed by atoms with Crippen LogP contribution < -0.4 is 5.32 Å². The van der Waals surface area contributed by atoms with Crippen molar-refractivity contribution in [2.24, 2.45) is 0 Å². The lowest BCUT2D eigenvalue weighted by atomic mass is 9.82. The summed E-state index contributed by atoms with van der Waals surface area (Å²) in [5, 5.41) is 32.8. The van der Waals surface area contributed by atoms with Crippen molar-refractivity contribution in [3.05, 3.63) is 33.9 Å². The lowest BCUT2D eigenvalue weighted by Crippen LogP contribution is -2.44. The molecule has 1 aromatic rings. The van der Waals surface area contributed by atoms with Gasteiger partial charge in [0.05, 0.1) is 28.3 Å². The van der Waals surface area contributed by atoms with Crippen molar-refractivity contribution >= 4 is 11.4 Å². The first-order valence-corrected chi connectivity index (χ1v) is 6.68. The molecule has 106 valence electrons. The van der Waals surface area contributed by atoms with Crippen molar-refractivity contribution in [3.63, 3.8) is 0 Å². The summed E-state index contributed by atoms with van der Waals surface area (Å²) in [6.07, 6.45) is 4.89. The number of hydrogen-bond acceptors (Lipinski definition) is 5. The summed E-state index contributed by atoms with van der Waals surface area (Å²) in [6, 6.07) is 6.15. The van der Waals surface area contributed by atoms with E-state index in [1.807, 2.05) is 6.07 Å². The van der Waals surface area contributed by atoms with Gasteiger partial charge in [-0.25, -0.2) is 0 Å². The number of nitro benzene ring substituents is 1. The molecule has 0 spiro atoms. The van der Waals surface area contributed by atoms with E-state index < -0.39 is 10.5 Å². The topological polar surface area (TPSA) is 99.2 Å². The zero-order chi connectivity index (χ0) is 14.6. The summed E-state index contributed by atoms with van der Waals surface area (Å²) >= 11 is 0. The van der Waals surface area contributed by atoms with Gasteiger partial charge < -0.3 is 10.4 Å². The quantitative estimate of drug-likeness (QED) is 0.650. The van der Waals surface area contributed by atoms with Crippen LogP contribution in [-0.2, 0) is 0 Å². The Morgan fingerprint density at radius 3 is 2.65 bits per heavy atom. The van der Waals surface area contributed by atoms with Gasteiger partial charge in [0.15, 0.2) is 0 Å². The van der Waals surface area contributed by atoms with Crippen molar-refractivity contribution in [1.82, 2.24) is 0 Å². The molecule has 20 heavy (non-hydrogen) atoms. The van der Waals surface area contributed by atoms with Crippen molar-refractivity contribution in [2.45, 2.75) is 37.6 Å². The SMILES string of the molecule is N#Cc1cc([N+](=O)[O-])ccc1NC1(CO)CCCCC1. The van der Waals surface area contributed by atoms with E-state index in [2.05, 4.69) is 5.32 Å². The third-order valence-corrected chi connectivity index (χ3v) is 3.85. The standard InChI is InChI=1S/C14H17N3O3/c15-9-11-8-12(17(19)20)4-5-13(11)16-14(10-18)6-2-1-3-7-14/h4-5,8,16,18H,1-3,6-7,10H2. The molecule has 1 aliphatic carbocycles. The Kier molecular flexibility index (Phi) is 4.20. The van der Waals surface area contributed by atoms with Crippen molar-refractivity contribution in [1.29, 1.82) is 5.26 Å². The summed E-state index contributed by atoms with van der Waals surface area (Å²) in [4.78, 5) is 10.2. The lowest BCUT2D eigenvalue weighted by Gasteiger charge is -2.37. The molecule has 6 nitrogen and oxygen atoms in total. The summed E-state index contributed by atoms with van der Waals surface area (Å²) in [6.45, 7) is -0.00510. The minimum atomic E-state index is -0.521. The van der Waals surface area contributed by atoms with Crippen LogP contribution in [0.15, 0.2) is 18.2 Å². The maximum Gasteiger partial charge on any atom is 0.270 e. The van der Waals surface area contributed by atoms with Gasteiger partial charge in [0.2, 0.25) is 0 Å². The largest absolute Gasteiger partial charge is 0.394 e. The molecule has 0 unspecified atom stereocenters. The Morgan fingerprint density at radius 1 is 1.40 bits per heavy atom. The van der Waals surface area contributed by atoms with Gasteiger partial charge in [-0.1, -0.05) is 19.3 Å². The minimum absolute atomic E-state index is 0.00510. The molecule has 0 saturated heterocycles. The van der Waals surface area contributed by atoms with Gasteiger partial charge in [0.1, 0.15) is 6.07 Å². The normalized spacial score (nSPS) is 17.2. The second-order valence-corrected chi connectivity index (χ2v) is 5.22. The highest BCUT2D eigenvalue weighted by Crippen LogP contribution is 2.33. The highest BCUT2D eigenvalue weighted by atomic mass is 16.6. The van der Waals surface area contributed by atoms with Crippen LogP contribution in [0.3, 0.4) is 0 Å². The number of aliphatic hydroxyl groups excluding tert-OH is 1. The molecule has 1 aromatic carbocycles. The van der Waals surface area contributed by atoms with Crippen molar-refractivity contribution in [3.8, 4) is 6.07 Å². The molecule has 0 heterocycles. The molecule has 2 N–H and O–H groups in total. The molecule has 6 heteroatoms. The number of anilines is 1. The van der Waals surface area contributed by atoms with Crippen molar-refractivity contribution in [2.75, 3.05) is 11.9 Å². The summed E-state index contributed by atoms with van der Waals surface area (Å²) in [7, 11) is 0. The second-order valence-electron chi connectivity index (χ2n) is 5.22. The minimum Gasteiger partial charge on any atom is -0.394 e. The zero-order valence-electron chi connectivity index (χ0n) is 11.1. The van der Waals surface area contributed by atoms with Crippen LogP contribution >= 0.6 is 0 Å². The Hall–Kier alpha value is -2.13. The van der Waals surface area contributed by atoms with Gasteiger partial charge in [-0.3, -0.25) is 10.1 Å². The molecule has 1 fully saturated rings. The number of nitrogens with one attached hydrogen (secondary N) is 1. The van der Waals surface area contributed by atoms with Gasteiger partial charge in [-0.15, -0.1) is 0 Å². The van der Waals surface area contributed by atoms with Gasteiger partial charge in [-0.05, 0) is 18.9 Å². The first-order valence-electron chi connectivity index (χ1n) is 6.68. The highest BCUT2D eigenvalue weighted by molar-refractivity contribution is 5.62. The van der Waals surface area contributed by atoms with Crippen LogP contribution in [0.1, 0.15) is 37.7 Å². The number of nitriles is 1. The van der Waals surface area contributed by atoms with Gasteiger partial charge in [-0.2, -0.15) is 5.26 Å². The smallest absolute Gasteiger partial charge is 0.270 e. The number of rotatable bonds is 4. The average Bonchev–Trinajstić information content (AvgIpc) is 2.48. The Balaban J connectivity index is 2.28. The van der Waals surface area contributed by atoms with E-state index in [-0.39, 0.29) is 17.9 Å². The summed E-state index contributed by atoms with van der Waals surface area (Å²) in [5.41, 5.74) is 0.264. The molecule has 0 bridgehead atoms. The Labute approximate surface area is 117 Å². The fourth-order valence-corrected chi connectivity index (χ4v) is 2.68. The van der Waals surface area contributed by atoms with E-state index >= 15 is 0 Å². The van der Waals surface area contributed by atoms with Crippen LogP contribution in [-0.4, -0.2) is 22.2 Å². The number of aliphatic hydroxyl groups is 1. The summed E-state index contributed by atoms with van der Waals surface area (Å²) < 4.78 is 0. The predicted molar refractivity (Wildman–Crippen MR) is 74.3 cm³/mol. The first kappa shape index (κ1) is 14.3. The van der Waals surface area contributed by atoms with Crippen molar-refractivity contribution < 1.29 is 10.0 Å². The summed E-state index contributed by atoms with van der Waals surface area (Å²) in [5.74, 6) is 0. The van der Waals surface area contributed by atoms with Gasteiger partial charge in [0, 0.05) is 12.1 Å². The number of non-ortho nitro benzene ring substituents is 1. The molecule has 2 rings (SSSR count).